The van der Waals surface area contributed by atoms with Gasteiger partial charge in [-0.2, -0.15) is 0 Å². The molecule has 0 atom stereocenters. The van der Waals surface area contributed by atoms with Crippen molar-refractivity contribution in [1.82, 2.24) is 9.97 Å². The van der Waals surface area contributed by atoms with E-state index in [1.165, 1.54) is 143 Å². The fourth-order valence-electron chi connectivity index (χ4n) is 10.1. The Morgan fingerprint density at radius 1 is 0.413 bits per heavy atom. The van der Waals surface area contributed by atoms with Crippen LogP contribution >= 0.6 is 0 Å². The Hall–Kier alpha value is -5.09. The van der Waals surface area contributed by atoms with E-state index in [1.54, 1.807) is 0 Å². The average molecular weight is 841 g/mol. The molecule has 0 saturated heterocycles. The van der Waals surface area contributed by atoms with Crippen molar-refractivity contribution in [3.05, 3.63) is 143 Å². The fraction of sp³-hybridized carbons (Fsp3) is 0.441. The lowest BCUT2D eigenvalue weighted by atomic mass is 9.94. The summed E-state index contributed by atoms with van der Waals surface area (Å²) >= 11 is 0. The summed E-state index contributed by atoms with van der Waals surface area (Å²) in [6, 6.07) is 32.0. The van der Waals surface area contributed by atoms with E-state index >= 15 is 0 Å². The summed E-state index contributed by atoms with van der Waals surface area (Å²) in [6.45, 7) is 4.45. The number of hydrogen-bond donors (Lipinski definition) is 1. The number of aromatic nitrogens is 2. The summed E-state index contributed by atoms with van der Waals surface area (Å²) in [5, 5.41) is 15.6. The highest BCUT2D eigenvalue weighted by molar-refractivity contribution is 5.97. The highest BCUT2D eigenvalue weighted by Gasteiger charge is 2.13. The number of fused-ring (bicyclic) bond motifs is 6. The number of carbonyl (C=O) groups excluding carboxylic acids is 1. The number of carbonyl (C=O) groups is 1. The van der Waals surface area contributed by atoms with Crippen molar-refractivity contribution in [2.45, 2.75) is 168 Å². The van der Waals surface area contributed by atoms with Gasteiger partial charge in [-0.05, 0) is 147 Å². The van der Waals surface area contributed by atoms with Gasteiger partial charge in [-0.3, -0.25) is 14.8 Å². The third-order valence-corrected chi connectivity index (χ3v) is 13.4. The molecule has 0 fully saturated rings. The molecule has 0 radical (unpaired) electrons. The molecule has 2 heterocycles. The quantitative estimate of drug-likeness (QED) is 0.165. The van der Waals surface area contributed by atoms with E-state index in [0.717, 1.165) is 82.0 Å². The number of hydrogen-bond acceptors (Lipinski definition) is 4. The zero-order valence-electron chi connectivity index (χ0n) is 38.5. The maximum Gasteiger partial charge on any atom is 0.159 e. The van der Waals surface area contributed by atoms with Crippen molar-refractivity contribution in [2.75, 3.05) is 0 Å². The van der Waals surface area contributed by atoms with Crippen LogP contribution in [0.2, 0.25) is 0 Å². The van der Waals surface area contributed by atoms with Gasteiger partial charge in [0.25, 0.3) is 0 Å². The van der Waals surface area contributed by atoms with Gasteiger partial charge in [0, 0.05) is 53.2 Å². The van der Waals surface area contributed by atoms with Crippen LogP contribution in [0.25, 0.3) is 44.1 Å². The summed E-state index contributed by atoms with van der Waals surface area (Å²) in [6.07, 6.45) is 31.9. The van der Waals surface area contributed by atoms with Crippen LogP contribution in [0.3, 0.4) is 0 Å². The van der Waals surface area contributed by atoms with Crippen LogP contribution in [-0.2, 0) is 30.5 Å². The van der Waals surface area contributed by atoms with Crippen molar-refractivity contribution in [2.24, 2.45) is 0 Å². The van der Waals surface area contributed by atoms with E-state index in [9.17, 15) is 9.90 Å². The van der Waals surface area contributed by atoms with E-state index < -0.39 is 0 Å². The van der Waals surface area contributed by atoms with Gasteiger partial charge < -0.3 is 5.11 Å². The van der Waals surface area contributed by atoms with Crippen molar-refractivity contribution < 1.29 is 9.90 Å². The molecule has 0 aliphatic heterocycles. The van der Waals surface area contributed by atoms with Crippen LogP contribution < -0.4 is 0 Å². The van der Waals surface area contributed by atoms with E-state index in [1.807, 2.05) is 12.4 Å². The van der Waals surface area contributed by atoms with Gasteiger partial charge in [0.15, 0.2) is 5.78 Å². The predicted molar refractivity (Wildman–Crippen MR) is 267 cm³/mol. The Kier molecular flexibility index (Phi) is 17.6. The first kappa shape index (κ1) is 45.9. The zero-order chi connectivity index (χ0) is 43.6. The Bertz CT molecular complexity index is 2440. The lowest BCUT2D eigenvalue weighted by molar-refractivity contribution is -0.114. The van der Waals surface area contributed by atoms with Gasteiger partial charge in [-0.1, -0.05) is 137 Å². The molecule has 6 aromatic rings. The van der Waals surface area contributed by atoms with Crippen molar-refractivity contribution in [1.29, 1.82) is 0 Å². The number of pyridine rings is 2. The fourth-order valence-corrected chi connectivity index (χ4v) is 10.1. The van der Waals surface area contributed by atoms with Gasteiger partial charge in [-0.15, -0.1) is 0 Å². The van der Waals surface area contributed by atoms with Crippen LogP contribution in [0.5, 0.6) is 0 Å². The van der Waals surface area contributed by atoms with Crippen LogP contribution in [0, 0.1) is 13.8 Å². The minimum absolute atomic E-state index is 0.0645. The Balaban J connectivity index is 0.991. The summed E-state index contributed by atoms with van der Waals surface area (Å²) < 4.78 is 0. The van der Waals surface area contributed by atoms with E-state index in [-0.39, 0.29) is 11.5 Å². The van der Waals surface area contributed by atoms with E-state index in [4.69, 9.17) is 9.97 Å². The van der Waals surface area contributed by atoms with Crippen molar-refractivity contribution in [3.8, 4) is 22.5 Å². The highest BCUT2D eigenvalue weighted by Crippen LogP contribution is 2.33. The van der Waals surface area contributed by atoms with Gasteiger partial charge in [0.05, 0.1) is 17.1 Å². The Morgan fingerprint density at radius 3 is 1.27 bits per heavy atom. The maximum absolute atomic E-state index is 12.6. The van der Waals surface area contributed by atoms with Crippen LogP contribution in [-0.4, -0.2) is 20.9 Å². The standard InChI is InChI=1S/C59H72N2O2/c1-44-37-46-23-15-9-3-4-10-16-24-47-38-45(2)40-51(42-47)59-57-32-22-28-49(55(57)34-36-61-59)26-18-12-6-8-14-20-30-53(63)43-52(62)29-19-13-7-5-11-17-25-48-27-21-31-56-54(48)33-35-60-58(56)50(39-44)41-46/h21-22,27-28,31-43,62H,3-20,23-26,29-30H2,1-2H3. The van der Waals surface area contributed by atoms with E-state index in [2.05, 4.69) is 98.8 Å². The first-order chi connectivity index (χ1) is 30.9. The molecule has 4 aromatic carbocycles. The predicted octanol–water partition coefficient (Wildman–Crippen LogP) is 16.4. The molecule has 4 nitrogen and oxygen atoms in total. The molecule has 1 aliphatic carbocycles. The number of benzene rings is 4. The lowest BCUT2D eigenvalue weighted by Crippen LogP contribution is -1.96. The summed E-state index contributed by atoms with van der Waals surface area (Å²) in [4.78, 5) is 22.5. The minimum Gasteiger partial charge on any atom is -0.512 e. The topological polar surface area (TPSA) is 63.1 Å². The molecule has 2 aromatic heterocycles. The molecule has 4 heteroatoms. The Labute approximate surface area is 378 Å². The third kappa shape index (κ3) is 13.7. The third-order valence-electron chi connectivity index (χ3n) is 13.4. The number of ketones is 1. The number of aliphatic hydroxyl groups excluding tert-OH is 1. The summed E-state index contributed by atoms with van der Waals surface area (Å²) in [5.41, 5.74) is 12.9. The molecular formula is C59H72N2O2. The average Bonchev–Trinajstić information content (AvgIpc) is 3.28. The molecule has 0 spiro atoms. The first-order valence-corrected chi connectivity index (χ1v) is 24.8. The van der Waals surface area contributed by atoms with Gasteiger partial charge >= 0.3 is 0 Å². The largest absolute Gasteiger partial charge is 0.512 e. The number of rotatable bonds is 0. The van der Waals surface area contributed by atoms with Gasteiger partial charge in [0.1, 0.15) is 0 Å². The normalized spacial score (nSPS) is 17.0. The maximum atomic E-state index is 12.6. The molecule has 63 heavy (non-hydrogen) atoms. The molecule has 1 aliphatic rings. The monoisotopic (exact) mass is 841 g/mol. The number of aliphatic hydroxyl groups is 1. The molecule has 0 unspecified atom stereocenters. The van der Waals surface area contributed by atoms with E-state index in [0.29, 0.717) is 12.8 Å². The molecular weight excluding hydrogens is 769 g/mol. The molecule has 330 valence electrons. The first-order valence-electron chi connectivity index (χ1n) is 24.8. The zero-order valence-corrected chi connectivity index (χ0v) is 38.5. The van der Waals surface area contributed by atoms with Crippen LogP contribution in [0.15, 0.2) is 109 Å². The van der Waals surface area contributed by atoms with Crippen molar-refractivity contribution >= 4 is 27.3 Å². The van der Waals surface area contributed by atoms with Crippen LogP contribution in [0.1, 0.15) is 162 Å². The number of nitrogens with zero attached hydrogens (tertiary/aromatic N) is 2. The second-order valence-corrected chi connectivity index (χ2v) is 18.7. The number of allylic oxidation sites excluding steroid dienone is 2. The minimum atomic E-state index is 0.0645. The molecule has 0 saturated carbocycles. The molecule has 1 N–H and O–H groups in total. The summed E-state index contributed by atoms with van der Waals surface area (Å²) in [5.74, 6) is 0.316. The Morgan fingerprint density at radius 2 is 0.810 bits per heavy atom. The lowest BCUT2D eigenvalue weighted by Gasteiger charge is -2.13. The van der Waals surface area contributed by atoms with Gasteiger partial charge in [0.2, 0.25) is 0 Å². The molecule has 12 bridgehead atoms. The molecule has 7 rings (SSSR count). The second kappa shape index (κ2) is 24.1. The SMILES string of the molecule is Cc1cc2cc(c1)-c1nccc3c(cccc13)CCCCCCCCC(=O)C=C(O)CCCCCCCCc1cccc3c(nccc13)-c1cc(C)cc(c1)CCCCCCCC2. The van der Waals surface area contributed by atoms with Crippen molar-refractivity contribution in [3.63, 3.8) is 0 Å². The smallest absolute Gasteiger partial charge is 0.159 e. The molecule has 0 amide bonds. The van der Waals surface area contributed by atoms with Gasteiger partial charge in [-0.25, -0.2) is 0 Å². The summed E-state index contributed by atoms with van der Waals surface area (Å²) in [7, 11) is 0. The second-order valence-electron chi connectivity index (χ2n) is 18.7. The van der Waals surface area contributed by atoms with Crippen LogP contribution in [0.4, 0.5) is 0 Å². The highest BCUT2D eigenvalue weighted by atomic mass is 16.3. The number of aryl methyl sites for hydroxylation is 6.